The lowest BCUT2D eigenvalue weighted by molar-refractivity contribution is 0.0954. The van der Waals surface area contributed by atoms with Gasteiger partial charge >= 0.3 is 0 Å². The molecule has 0 saturated heterocycles. The summed E-state index contributed by atoms with van der Waals surface area (Å²) in [5.74, 6) is 2.85. The van der Waals surface area contributed by atoms with Crippen molar-refractivity contribution in [2.24, 2.45) is 0 Å². The molecule has 2 heterocycles. The Hall–Kier alpha value is -3.88. The molecule has 0 bridgehead atoms. The fraction of sp³-hybridized carbons (Fsp3) is 0.238. The highest BCUT2D eigenvalue weighted by Crippen LogP contribution is 2.27. The fourth-order valence-electron chi connectivity index (χ4n) is 2.70. The van der Waals surface area contributed by atoms with Gasteiger partial charge in [-0.25, -0.2) is 15.0 Å². The number of benzene rings is 1. The van der Waals surface area contributed by atoms with Gasteiger partial charge in [0.05, 0.1) is 14.2 Å². The van der Waals surface area contributed by atoms with Crippen molar-refractivity contribution < 1.29 is 14.3 Å². The number of aryl methyl sites for hydroxylation is 1. The first-order valence-electron chi connectivity index (χ1n) is 9.35. The van der Waals surface area contributed by atoms with Crippen LogP contribution in [0.25, 0.3) is 0 Å². The second-order valence-electron chi connectivity index (χ2n) is 6.38. The van der Waals surface area contributed by atoms with Crippen LogP contribution in [0.2, 0.25) is 0 Å². The number of methoxy groups -OCH3 is 2. The summed E-state index contributed by atoms with van der Waals surface area (Å²) in [4.78, 5) is 25.0. The van der Waals surface area contributed by atoms with E-state index in [1.165, 1.54) is 13.4 Å². The zero-order chi connectivity index (χ0) is 21.3. The summed E-state index contributed by atoms with van der Waals surface area (Å²) in [6.07, 6.45) is 3.20. The highest BCUT2D eigenvalue weighted by atomic mass is 16.5. The summed E-state index contributed by atoms with van der Waals surface area (Å²) in [5, 5.41) is 9.15. The molecule has 0 spiro atoms. The van der Waals surface area contributed by atoms with Crippen LogP contribution in [-0.4, -0.2) is 48.2 Å². The Morgan fingerprint density at radius 3 is 2.43 bits per heavy atom. The van der Waals surface area contributed by atoms with Crippen molar-refractivity contribution in [2.45, 2.75) is 6.92 Å². The van der Waals surface area contributed by atoms with Gasteiger partial charge < -0.3 is 25.4 Å². The maximum Gasteiger partial charge on any atom is 0.251 e. The van der Waals surface area contributed by atoms with Crippen LogP contribution in [0.3, 0.4) is 0 Å². The van der Waals surface area contributed by atoms with E-state index in [1.807, 2.05) is 19.1 Å². The number of pyridine rings is 1. The quantitative estimate of drug-likeness (QED) is 0.464. The van der Waals surface area contributed by atoms with Crippen LogP contribution in [0.4, 0.5) is 17.5 Å². The average molecular weight is 408 g/mol. The van der Waals surface area contributed by atoms with Gasteiger partial charge in [-0.2, -0.15) is 0 Å². The smallest absolute Gasteiger partial charge is 0.251 e. The molecule has 9 nitrogen and oxygen atoms in total. The number of hydrogen-bond acceptors (Lipinski definition) is 8. The Morgan fingerprint density at radius 1 is 0.900 bits per heavy atom. The van der Waals surface area contributed by atoms with Crippen molar-refractivity contribution in [2.75, 3.05) is 37.9 Å². The molecule has 0 aliphatic rings. The Morgan fingerprint density at radius 2 is 1.67 bits per heavy atom. The monoisotopic (exact) mass is 408 g/mol. The second-order valence-corrected chi connectivity index (χ2v) is 6.38. The largest absolute Gasteiger partial charge is 0.493 e. The zero-order valence-electron chi connectivity index (χ0n) is 17.1. The minimum atomic E-state index is -0.201. The van der Waals surface area contributed by atoms with Crippen LogP contribution in [0.15, 0.2) is 48.9 Å². The Balaban J connectivity index is 1.50. The number of nitrogens with zero attached hydrogens (tertiary/aromatic N) is 3. The predicted octanol–water partition coefficient (Wildman–Crippen LogP) is 2.78. The summed E-state index contributed by atoms with van der Waals surface area (Å²) in [7, 11) is 3.08. The van der Waals surface area contributed by atoms with Crippen molar-refractivity contribution in [3.63, 3.8) is 0 Å². The fourth-order valence-corrected chi connectivity index (χ4v) is 2.70. The highest BCUT2D eigenvalue weighted by Gasteiger charge is 2.10. The standard InChI is InChI=1S/C21H24N6O3/c1-14-6-7-22-19(10-14)27-20-12-18(25-13-26-20)23-8-9-24-21(28)15-4-5-16(29-2)17(11-15)30-3/h4-7,10-13H,8-9H2,1-3H3,(H,24,28)(H2,22,23,25,26,27). The Kier molecular flexibility index (Phi) is 6.99. The minimum Gasteiger partial charge on any atom is -0.493 e. The maximum absolute atomic E-state index is 12.3. The summed E-state index contributed by atoms with van der Waals surface area (Å²) in [5.41, 5.74) is 1.59. The van der Waals surface area contributed by atoms with Crippen molar-refractivity contribution in [3.05, 3.63) is 60.0 Å². The Bertz CT molecular complexity index is 1010. The molecule has 3 N–H and O–H groups in total. The van der Waals surface area contributed by atoms with E-state index >= 15 is 0 Å². The number of hydrogen-bond donors (Lipinski definition) is 3. The molecular weight excluding hydrogens is 384 g/mol. The van der Waals surface area contributed by atoms with Crippen LogP contribution in [-0.2, 0) is 0 Å². The van der Waals surface area contributed by atoms with Gasteiger partial charge in [0, 0.05) is 30.9 Å². The van der Waals surface area contributed by atoms with Crippen molar-refractivity contribution in [1.82, 2.24) is 20.3 Å². The number of aromatic nitrogens is 3. The molecule has 0 unspecified atom stereocenters. The van der Waals surface area contributed by atoms with Gasteiger partial charge in [0.25, 0.3) is 5.91 Å². The van der Waals surface area contributed by atoms with Gasteiger partial charge in [0.2, 0.25) is 0 Å². The normalized spacial score (nSPS) is 10.2. The van der Waals surface area contributed by atoms with Crippen LogP contribution in [0.5, 0.6) is 11.5 Å². The molecule has 1 amide bonds. The third-order valence-corrected chi connectivity index (χ3v) is 4.20. The van der Waals surface area contributed by atoms with E-state index in [0.29, 0.717) is 47.6 Å². The molecule has 30 heavy (non-hydrogen) atoms. The molecule has 156 valence electrons. The minimum absolute atomic E-state index is 0.201. The van der Waals surface area contributed by atoms with Crippen LogP contribution >= 0.6 is 0 Å². The molecule has 0 atom stereocenters. The summed E-state index contributed by atoms with van der Waals surface area (Å²) in [6.45, 7) is 2.91. The topological polar surface area (TPSA) is 110 Å². The molecule has 3 aromatic rings. The molecule has 1 aromatic carbocycles. The first-order valence-corrected chi connectivity index (χ1v) is 9.35. The zero-order valence-corrected chi connectivity index (χ0v) is 17.1. The molecule has 0 aliphatic carbocycles. The molecular formula is C21H24N6O3. The molecule has 3 rings (SSSR count). The van der Waals surface area contributed by atoms with E-state index in [9.17, 15) is 4.79 Å². The lowest BCUT2D eigenvalue weighted by Crippen LogP contribution is -2.28. The third-order valence-electron chi connectivity index (χ3n) is 4.20. The number of amides is 1. The summed E-state index contributed by atoms with van der Waals surface area (Å²) in [6, 6.07) is 10.7. The van der Waals surface area contributed by atoms with Gasteiger partial charge in [-0.3, -0.25) is 4.79 Å². The number of carbonyl (C=O) groups excluding carboxylic acids is 1. The molecule has 0 radical (unpaired) electrons. The molecule has 0 aliphatic heterocycles. The van der Waals surface area contributed by atoms with E-state index in [1.54, 1.807) is 37.6 Å². The second kappa shape index (κ2) is 10.1. The molecule has 0 saturated carbocycles. The number of nitrogens with one attached hydrogen (secondary N) is 3. The highest BCUT2D eigenvalue weighted by molar-refractivity contribution is 5.94. The van der Waals surface area contributed by atoms with E-state index in [4.69, 9.17) is 9.47 Å². The van der Waals surface area contributed by atoms with E-state index in [2.05, 4.69) is 30.9 Å². The van der Waals surface area contributed by atoms with Gasteiger partial charge in [0.15, 0.2) is 11.5 Å². The third kappa shape index (κ3) is 5.57. The lowest BCUT2D eigenvalue weighted by atomic mass is 10.2. The number of carbonyl (C=O) groups is 1. The van der Waals surface area contributed by atoms with E-state index in [0.717, 1.165) is 5.56 Å². The van der Waals surface area contributed by atoms with Gasteiger partial charge in [0.1, 0.15) is 23.8 Å². The average Bonchev–Trinajstić information content (AvgIpc) is 2.76. The first kappa shape index (κ1) is 20.8. The van der Waals surface area contributed by atoms with Crippen LogP contribution in [0.1, 0.15) is 15.9 Å². The van der Waals surface area contributed by atoms with Crippen molar-refractivity contribution in [1.29, 1.82) is 0 Å². The molecule has 9 heteroatoms. The van der Waals surface area contributed by atoms with Crippen LogP contribution < -0.4 is 25.4 Å². The van der Waals surface area contributed by atoms with Crippen molar-refractivity contribution in [3.8, 4) is 11.5 Å². The summed E-state index contributed by atoms with van der Waals surface area (Å²) >= 11 is 0. The van der Waals surface area contributed by atoms with Crippen molar-refractivity contribution >= 4 is 23.4 Å². The SMILES string of the molecule is COc1ccc(C(=O)NCCNc2cc(Nc3cc(C)ccn3)ncn2)cc1OC. The summed E-state index contributed by atoms with van der Waals surface area (Å²) < 4.78 is 10.4. The van der Waals surface area contributed by atoms with Crippen LogP contribution in [0, 0.1) is 6.92 Å². The van der Waals surface area contributed by atoms with Gasteiger partial charge in [-0.05, 0) is 42.8 Å². The van der Waals surface area contributed by atoms with Gasteiger partial charge in [-0.1, -0.05) is 0 Å². The Labute approximate surface area is 174 Å². The molecule has 2 aromatic heterocycles. The molecule has 0 fully saturated rings. The lowest BCUT2D eigenvalue weighted by Gasteiger charge is -2.11. The first-order chi connectivity index (χ1) is 14.6. The van der Waals surface area contributed by atoms with E-state index in [-0.39, 0.29) is 5.91 Å². The number of ether oxygens (including phenoxy) is 2. The predicted molar refractivity (Wildman–Crippen MR) is 115 cm³/mol. The number of rotatable bonds is 9. The van der Waals surface area contributed by atoms with E-state index < -0.39 is 0 Å². The van der Waals surface area contributed by atoms with Gasteiger partial charge in [-0.15, -0.1) is 0 Å². The number of anilines is 3. The maximum atomic E-state index is 12.3.